The van der Waals surface area contributed by atoms with Crippen LogP contribution in [0, 0.1) is 11.3 Å². The largest absolute Gasteiger partial charge is 0.444 e. The predicted molar refractivity (Wildman–Crippen MR) is 89.9 cm³/mol. The Labute approximate surface area is 135 Å². The Kier molecular flexibility index (Phi) is 5.10. The molecular weight excluding hydrogens is 276 g/mol. The fraction of sp³-hybridized carbons (Fsp3) is 0.944. The summed E-state index contributed by atoms with van der Waals surface area (Å²) < 4.78 is 5.36. The van der Waals surface area contributed by atoms with Gasteiger partial charge in [-0.05, 0) is 71.1 Å². The van der Waals surface area contributed by atoms with E-state index in [1.165, 1.54) is 25.7 Å². The summed E-state index contributed by atoms with van der Waals surface area (Å²) in [5.41, 5.74) is -0.0587. The minimum Gasteiger partial charge on any atom is -0.444 e. The van der Waals surface area contributed by atoms with Crippen molar-refractivity contribution in [3.8, 4) is 0 Å². The van der Waals surface area contributed by atoms with Crippen LogP contribution in [0.4, 0.5) is 4.79 Å². The lowest BCUT2D eigenvalue weighted by molar-refractivity contribution is 0.0511. The van der Waals surface area contributed by atoms with E-state index in [1.807, 2.05) is 20.8 Å². The molecular formula is C18H34N2O2. The molecule has 2 atom stereocenters. The number of alkyl carbamates (subject to hydrolysis) is 1. The molecule has 2 rings (SSSR count). The maximum atomic E-state index is 11.9. The van der Waals surface area contributed by atoms with Crippen LogP contribution in [-0.4, -0.2) is 29.8 Å². The highest BCUT2D eigenvalue weighted by Gasteiger charge is 2.56. The van der Waals surface area contributed by atoms with Gasteiger partial charge in [0.05, 0.1) is 0 Å². The van der Waals surface area contributed by atoms with E-state index in [0.717, 1.165) is 6.42 Å². The lowest BCUT2D eigenvalue weighted by Gasteiger charge is -2.33. The van der Waals surface area contributed by atoms with Crippen LogP contribution in [0.3, 0.4) is 0 Å². The number of amides is 1. The molecule has 2 unspecified atom stereocenters. The van der Waals surface area contributed by atoms with Gasteiger partial charge >= 0.3 is 6.09 Å². The van der Waals surface area contributed by atoms with Crippen molar-refractivity contribution in [1.29, 1.82) is 0 Å². The van der Waals surface area contributed by atoms with Crippen LogP contribution in [0.2, 0.25) is 0 Å². The van der Waals surface area contributed by atoms with Gasteiger partial charge in [0.2, 0.25) is 0 Å². The molecule has 4 heteroatoms. The van der Waals surface area contributed by atoms with Gasteiger partial charge < -0.3 is 15.4 Å². The number of hydrogen-bond acceptors (Lipinski definition) is 3. The Morgan fingerprint density at radius 3 is 2.27 bits per heavy atom. The molecule has 0 aliphatic heterocycles. The molecule has 22 heavy (non-hydrogen) atoms. The summed E-state index contributed by atoms with van der Waals surface area (Å²) in [5, 5.41) is 6.82. The summed E-state index contributed by atoms with van der Waals surface area (Å²) in [6.07, 6.45) is 5.75. The molecule has 2 saturated carbocycles. The fourth-order valence-corrected chi connectivity index (χ4v) is 3.48. The van der Waals surface area contributed by atoms with E-state index in [-0.39, 0.29) is 6.09 Å². The molecule has 1 amide bonds. The first-order chi connectivity index (χ1) is 10.1. The second-order valence-electron chi connectivity index (χ2n) is 8.74. The molecule has 2 N–H and O–H groups in total. The van der Waals surface area contributed by atoms with Gasteiger partial charge in [0.25, 0.3) is 0 Å². The predicted octanol–water partition coefficient (Wildman–Crippen LogP) is 3.85. The van der Waals surface area contributed by atoms with Crippen LogP contribution in [0.1, 0.15) is 73.6 Å². The molecule has 0 saturated heterocycles. The zero-order valence-electron chi connectivity index (χ0n) is 15.2. The van der Waals surface area contributed by atoms with Crippen LogP contribution in [0.25, 0.3) is 0 Å². The average Bonchev–Trinajstić information content (AvgIpc) is 3.02. The maximum absolute atomic E-state index is 11.9. The van der Waals surface area contributed by atoms with Crippen LogP contribution >= 0.6 is 0 Å². The third-order valence-electron chi connectivity index (χ3n) is 5.36. The Hall–Kier alpha value is -0.770. The Bertz CT molecular complexity index is 392. The van der Waals surface area contributed by atoms with E-state index in [4.69, 9.17) is 4.74 Å². The normalized spacial score (nSPS) is 32.9. The van der Waals surface area contributed by atoms with Crippen molar-refractivity contribution < 1.29 is 9.53 Å². The highest BCUT2D eigenvalue weighted by atomic mass is 16.6. The standard InChI is InChI=1S/C18H34N2O2/c1-12(2)13(3)19-14-7-9-18(10-8-14)11-15(18)20-16(21)22-17(4,5)6/h12-15,19H,7-11H2,1-6H3,(H,20,21). The van der Waals surface area contributed by atoms with E-state index in [1.54, 1.807) is 0 Å². The minimum absolute atomic E-state index is 0.261. The zero-order chi connectivity index (χ0) is 16.5. The van der Waals surface area contributed by atoms with Gasteiger partial charge in [-0.3, -0.25) is 0 Å². The quantitative estimate of drug-likeness (QED) is 0.829. The monoisotopic (exact) mass is 310 g/mol. The van der Waals surface area contributed by atoms with Crippen LogP contribution in [-0.2, 0) is 4.74 Å². The molecule has 2 aliphatic rings. The molecule has 4 nitrogen and oxygen atoms in total. The van der Waals surface area contributed by atoms with Gasteiger partial charge in [-0.15, -0.1) is 0 Å². The van der Waals surface area contributed by atoms with Crippen LogP contribution in [0.5, 0.6) is 0 Å². The molecule has 0 bridgehead atoms. The lowest BCUT2D eigenvalue weighted by atomic mass is 9.82. The number of carbonyl (C=O) groups excluding carboxylic acids is 1. The van der Waals surface area contributed by atoms with Crippen molar-refractivity contribution in [2.75, 3.05) is 0 Å². The van der Waals surface area contributed by atoms with E-state index in [2.05, 4.69) is 31.4 Å². The summed E-state index contributed by atoms with van der Waals surface area (Å²) in [5.74, 6) is 0.679. The van der Waals surface area contributed by atoms with Gasteiger partial charge in [0.1, 0.15) is 5.60 Å². The van der Waals surface area contributed by atoms with Crippen molar-refractivity contribution in [1.82, 2.24) is 10.6 Å². The maximum Gasteiger partial charge on any atom is 0.407 e. The Balaban J connectivity index is 1.73. The summed E-state index contributed by atoms with van der Waals surface area (Å²) in [6, 6.07) is 1.55. The first-order valence-corrected chi connectivity index (χ1v) is 8.87. The number of nitrogens with one attached hydrogen (secondary N) is 2. The lowest BCUT2D eigenvalue weighted by Crippen LogP contribution is -2.43. The summed E-state index contributed by atoms with van der Waals surface area (Å²) in [7, 11) is 0. The number of rotatable bonds is 4. The second kappa shape index (κ2) is 6.38. The molecule has 2 aliphatic carbocycles. The average molecular weight is 310 g/mol. The highest BCUT2D eigenvalue weighted by Crippen LogP contribution is 2.56. The van der Waals surface area contributed by atoms with Crippen molar-refractivity contribution in [3.63, 3.8) is 0 Å². The molecule has 2 fully saturated rings. The Morgan fingerprint density at radius 1 is 1.18 bits per heavy atom. The summed E-state index contributed by atoms with van der Waals surface area (Å²) >= 11 is 0. The minimum atomic E-state index is -0.416. The van der Waals surface area contributed by atoms with Crippen molar-refractivity contribution in [2.45, 2.75) is 97.4 Å². The molecule has 1 spiro atoms. The molecule has 0 aromatic rings. The van der Waals surface area contributed by atoms with Gasteiger partial charge in [-0.2, -0.15) is 0 Å². The molecule has 128 valence electrons. The second-order valence-corrected chi connectivity index (χ2v) is 8.74. The SMILES string of the molecule is CC(C)C(C)NC1CCC2(CC1)CC2NC(=O)OC(C)(C)C. The Morgan fingerprint density at radius 2 is 1.77 bits per heavy atom. The summed E-state index contributed by atoms with van der Waals surface area (Å²) in [6.45, 7) is 12.5. The highest BCUT2D eigenvalue weighted by molar-refractivity contribution is 5.68. The number of hydrogen-bond donors (Lipinski definition) is 2. The molecule has 0 aromatic carbocycles. The third-order valence-corrected chi connectivity index (χ3v) is 5.36. The van der Waals surface area contributed by atoms with E-state index < -0.39 is 5.60 Å². The first-order valence-electron chi connectivity index (χ1n) is 8.87. The molecule has 0 radical (unpaired) electrons. The number of ether oxygens (including phenoxy) is 1. The van der Waals surface area contributed by atoms with E-state index in [0.29, 0.717) is 29.5 Å². The van der Waals surface area contributed by atoms with Gasteiger partial charge in [0.15, 0.2) is 0 Å². The fourth-order valence-electron chi connectivity index (χ4n) is 3.48. The van der Waals surface area contributed by atoms with E-state index >= 15 is 0 Å². The van der Waals surface area contributed by atoms with Crippen LogP contribution < -0.4 is 10.6 Å². The number of carbonyl (C=O) groups is 1. The van der Waals surface area contributed by atoms with Crippen LogP contribution in [0.15, 0.2) is 0 Å². The zero-order valence-corrected chi connectivity index (χ0v) is 15.2. The van der Waals surface area contributed by atoms with Crippen molar-refractivity contribution in [2.24, 2.45) is 11.3 Å². The first kappa shape index (κ1) is 17.6. The molecule has 0 heterocycles. The smallest absolute Gasteiger partial charge is 0.407 e. The topological polar surface area (TPSA) is 50.4 Å². The van der Waals surface area contributed by atoms with Gasteiger partial charge in [-0.1, -0.05) is 13.8 Å². The third kappa shape index (κ3) is 4.61. The summed E-state index contributed by atoms with van der Waals surface area (Å²) in [4.78, 5) is 11.9. The van der Waals surface area contributed by atoms with E-state index in [9.17, 15) is 4.79 Å². The molecule has 0 aromatic heterocycles. The van der Waals surface area contributed by atoms with Gasteiger partial charge in [-0.25, -0.2) is 4.79 Å². The van der Waals surface area contributed by atoms with Crippen molar-refractivity contribution in [3.05, 3.63) is 0 Å². The van der Waals surface area contributed by atoms with Gasteiger partial charge in [0, 0.05) is 18.1 Å². The van der Waals surface area contributed by atoms with Crippen molar-refractivity contribution >= 4 is 6.09 Å².